The number of nitrogens with two attached hydrogens (primary N) is 1. The summed E-state index contributed by atoms with van der Waals surface area (Å²) in [6.07, 6.45) is 0. The van der Waals surface area contributed by atoms with Gasteiger partial charge in [0.25, 0.3) is 0 Å². The number of thioether (sulfide) groups is 1. The lowest BCUT2D eigenvalue weighted by Gasteiger charge is -2.50. The molecule has 0 radical (unpaired) electrons. The van der Waals surface area contributed by atoms with Crippen LogP contribution in [0.15, 0.2) is 30.3 Å². The minimum absolute atomic E-state index is 0.172. The molecular weight excluding hydrogens is 316 g/mol. The Bertz CT molecular complexity index is 636. The van der Waals surface area contributed by atoms with E-state index in [0.29, 0.717) is 0 Å². The molecule has 2 heterocycles. The molecular formula is C16H20N2O4S. The predicted octanol–water partition coefficient (Wildman–Crippen LogP) is 1.09. The second-order valence-corrected chi connectivity index (χ2v) is 8.06. The Morgan fingerprint density at radius 3 is 2.61 bits per heavy atom. The van der Waals surface area contributed by atoms with Crippen LogP contribution in [0, 0.1) is 0 Å². The number of ether oxygens (including phenoxy) is 2. The maximum atomic E-state index is 12.6. The van der Waals surface area contributed by atoms with Crippen molar-refractivity contribution in [2.45, 2.75) is 42.3 Å². The second-order valence-electron chi connectivity index (χ2n) is 6.22. The summed E-state index contributed by atoms with van der Waals surface area (Å²) >= 11 is 1.39. The van der Waals surface area contributed by atoms with Crippen LogP contribution in [-0.2, 0) is 25.7 Å². The fourth-order valence-corrected chi connectivity index (χ4v) is 4.84. The zero-order valence-electron chi connectivity index (χ0n) is 13.3. The number of rotatable bonds is 4. The molecule has 2 N–H and O–H groups in total. The van der Waals surface area contributed by atoms with Crippen molar-refractivity contribution in [3.8, 4) is 0 Å². The lowest BCUT2D eigenvalue weighted by atomic mass is 9.95. The Kier molecular flexibility index (Phi) is 3.90. The van der Waals surface area contributed by atoms with Crippen molar-refractivity contribution >= 4 is 23.6 Å². The average molecular weight is 336 g/mol. The Hall–Kier alpha value is -1.57. The van der Waals surface area contributed by atoms with Crippen LogP contribution in [0.25, 0.3) is 0 Å². The van der Waals surface area contributed by atoms with Crippen LogP contribution in [0.5, 0.6) is 0 Å². The van der Waals surface area contributed by atoms with Crippen molar-refractivity contribution < 1.29 is 19.1 Å². The van der Waals surface area contributed by atoms with Gasteiger partial charge in [-0.25, -0.2) is 4.79 Å². The van der Waals surface area contributed by atoms with Crippen LogP contribution in [0.1, 0.15) is 19.4 Å². The first kappa shape index (κ1) is 16.3. The monoisotopic (exact) mass is 336 g/mol. The van der Waals surface area contributed by atoms with E-state index in [-0.39, 0.29) is 12.5 Å². The fourth-order valence-electron chi connectivity index (χ4n) is 3.17. The van der Waals surface area contributed by atoms with E-state index in [1.165, 1.54) is 23.8 Å². The number of carbonyl (C=O) groups is 2. The first-order chi connectivity index (χ1) is 10.8. The summed E-state index contributed by atoms with van der Waals surface area (Å²) in [6, 6.07) is 7.94. The summed E-state index contributed by atoms with van der Waals surface area (Å²) in [5.74, 6) is -0.725. The highest BCUT2D eigenvalue weighted by Crippen LogP contribution is 2.58. The molecule has 0 aromatic heterocycles. The highest BCUT2D eigenvalue weighted by atomic mass is 32.2. The molecule has 7 heteroatoms. The van der Waals surface area contributed by atoms with Gasteiger partial charge in [0.05, 0.1) is 0 Å². The molecule has 1 amide bonds. The van der Waals surface area contributed by atoms with Crippen LogP contribution >= 0.6 is 11.8 Å². The van der Waals surface area contributed by atoms with E-state index < -0.39 is 27.9 Å². The van der Waals surface area contributed by atoms with Crippen LogP contribution in [0.3, 0.4) is 0 Å². The Labute approximate surface area is 139 Å². The SMILES string of the molecule is COC12SC(C)(C)[C@H](C(=O)OCc3ccccc3)N1C(=O)[C@@H]2N. The minimum Gasteiger partial charge on any atom is -0.459 e. The minimum atomic E-state index is -0.975. The van der Waals surface area contributed by atoms with Gasteiger partial charge in [-0.2, -0.15) is 0 Å². The Morgan fingerprint density at radius 1 is 1.35 bits per heavy atom. The highest BCUT2D eigenvalue weighted by molar-refractivity contribution is 8.02. The molecule has 0 aliphatic carbocycles. The first-order valence-electron chi connectivity index (χ1n) is 7.38. The summed E-state index contributed by atoms with van der Waals surface area (Å²) < 4.78 is 10.4. The van der Waals surface area contributed by atoms with Crippen LogP contribution in [-0.4, -0.2) is 45.8 Å². The van der Waals surface area contributed by atoms with E-state index >= 15 is 0 Å². The zero-order valence-corrected chi connectivity index (χ0v) is 14.1. The largest absolute Gasteiger partial charge is 0.459 e. The van der Waals surface area contributed by atoms with E-state index in [0.717, 1.165) is 5.56 Å². The molecule has 1 aromatic rings. The van der Waals surface area contributed by atoms with E-state index in [2.05, 4.69) is 0 Å². The van der Waals surface area contributed by atoms with Crippen LogP contribution in [0.2, 0.25) is 0 Å². The van der Waals surface area contributed by atoms with Crippen molar-refractivity contribution in [1.82, 2.24) is 4.90 Å². The average Bonchev–Trinajstić information content (AvgIpc) is 2.78. The molecule has 23 heavy (non-hydrogen) atoms. The third kappa shape index (κ3) is 2.34. The number of methoxy groups -OCH3 is 1. The van der Waals surface area contributed by atoms with Crippen LogP contribution < -0.4 is 5.73 Å². The molecule has 2 saturated heterocycles. The molecule has 2 aliphatic rings. The standard InChI is InChI=1S/C16H20N2O4S/c1-15(2)12(14(20)22-9-10-7-5-4-6-8-10)18-13(19)11(17)16(18,21-3)23-15/h4-8,11-12H,9,17H2,1-3H3/t11-,12-,16?/m0/s1. The summed E-state index contributed by atoms with van der Waals surface area (Å²) in [4.78, 5) is 26.2. The number of esters is 1. The van der Waals surface area contributed by atoms with Gasteiger partial charge in [-0.05, 0) is 19.4 Å². The summed E-state index contributed by atoms with van der Waals surface area (Å²) in [5, 5.41) is -0.975. The number of carbonyl (C=O) groups excluding carboxylic acids is 2. The first-order valence-corrected chi connectivity index (χ1v) is 8.20. The van der Waals surface area contributed by atoms with E-state index in [1.54, 1.807) is 0 Å². The normalized spacial score (nSPS) is 31.5. The van der Waals surface area contributed by atoms with Gasteiger partial charge in [-0.15, -0.1) is 0 Å². The lowest BCUT2D eigenvalue weighted by Crippen LogP contribution is -2.77. The number of fused-ring (bicyclic) bond motifs is 1. The van der Waals surface area contributed by atoms with Crippen molar-refractivity contribution in [3.63, 3.8) is 0 Å². The third-order valence-corrected chi connectivity index (χ3v) is 5.96. The molecule has 0 saturated carbocycles. The van der Waals surface area contributed by atoms with Gasteiger partial charge in [0.1, 0.15) is 18.7 Å². The summed E-state index contributed by atoms with van der Waals surface area (Å²) in [6.45, 7) is 3.96. The zero-order chi connectivity index (χ0) is 16.8. The second kappa shape index (κ2) is 5.51. The van der Waals surface area contributed by atoms with E-state index in [4.69, 9.17) is 15.2 Å². The van der Waals surface area contributed by atoms with E-state index in [1.807, 2.05) is 44.2 Å². The van der Waals surface area contributed by atoms with Gasteiger partial charge in [-0.1, -0.05) is 42.1 Å². The molecule has 0 bridgehead atoms. The maximum absolute atomic E-state index is 12.6. The predicted molar refractivity (Wildman–Crippen MR) is 86.3 cm³/mol. The maximum Gasteiger partial charge on any atom is 0.330 e. The number of benzene rings is 1. The van der Waals surface area contributed by atoms with Crippen molar-refractivity contribution in [1.29, 1.82) is 0 Å². The summed E-state index contributed by atoms with van der Waals surface area (Å²) in [5.41, 5.74) is 6.81. The van der Waals surface area contributed by atoms with Crippen molar-refractivity contribution in [2.24, 2.45) is 5.73 Å². The highest BCUT2D eigenvalue weighted by Gasteiger charge is 2.73. The Morgan fingerprint density at radius 2 is 2.00 bits per heavy atom. The molecule has 3 atom stereocenters. The number of hydrogen-bond acceptors (Lipinski definition) is 6. The number of β-lactam (4-membered cyclic amide) rings is 1. The van der Waals surface area contributed by atoms with Crippen LogP contribution in [0.4, 0.5) is 0 Å². The van der Waals surface area contributed by atoms with Gasteiger partial charge in [0.2, 0.25) is 11.0 Å². The Balaban J connectivity index is 1.78. The molecule has 1 aromatic carbocycles. The van der Waals surface area contributed by atoms with E-state index in [9.17, 15) is 9.59 Å². The molecule has 0 spiro atoms. The lowest BCUT2D eigenvalue weighted by molar-refractivity contribution is -0.196. The molecule has 3 rings (SSSR count). The molecule has 2 fully saturated rings. The number of hydrogen-bond donors (Lipinski definition) is 1. The van der Waals surface area contributed by atoms with Crippen molar-refractivity contribution in [3.05, 3.63) is 35.9 Å². The topological polar surface area (TPSA) is 81.9 Å². The third-order valence-electron chi connectivity index (χ3n) is 4.30. The molecule has 6 nitrogen and oxygen atoms in total. The van der Waals surface area contributed by atoms with Gasteiger partial charge in [0, 0.05) is 11.9 Å². The number of nitrogens with zero attached hydrogens (tertiary/aromatic N) is 1. The molecule has 2 aliphatic heterocycles. The fraction of sp³-hybridized carbons (Fsp3) is 0.500. The smallest absolute Gasteiger partial charge is 0.330 e. The quantitative estimate of drug-likeness (QED) is 0.655. The van der Waals surface area contributed by atoms with Gasteiger partial charge in [0.15, 0.2) is 0 Å². The number of amides is 1. The van der Waals surface area contributed by atoms with Gasteiger partial charge < -0.3 is 15.2 Å². The van der Waals surface area contributed by atoms with Gasteiger partial charge >= 0.3 is 5.97 Å². The van der Waals surface area contributed by atoms with Gasteiger partial charge in [-0.3, -0.25) is 9.69 Å². The molecule has 1 unspecified atom stereocenters. The molecule has 124 valence electrons. The van der Waals surface area contributed by atoms with Crippen molar-refractivity contribution in [2.75, 3.05) is 7.11 Å². The summed E-state index contributed by atoms with van der Waals surface area (Å²) in [7, 11) is 1.50.